The summed E-state index contributed by atoms with van der Waals surface area (Å²) in [6, 6.07) is 0.0477. The second kappa shape index (κ2) is 6.42. The van der Waals surface area contributed by atoms with Crippen LogP contribution in [0.15, 0.2) is 0 Å². The van der Waals surface area contributed by atoms with Crippen molar-refractivity contribution in [3.63, 3.8) is 0 Å². The van der Waals surface area contributed by atoms with Crippen LogP contribution in [0.4, 0.5) is 4.79 Å². The van der Waals surface area contributed by atoms with Crippen molar-refractivity contribution >= 4 is 11.9 Å². The Balaban J connectivity index is 1.61. The van der Waals surface area contributed by atoms with Gasteiger partial charge in [0.05, 0.1) is 31.3 Å². The molecule has 0 spiro atoms. The molecule has 3 aliphatic heterocycles. The lowest BCUT2D eigenvalue weighted by molar-refractivity contribution is -0.142. The smallest absolute Gasteiger partial charge is 0.317 e. The summed E-state index contributed by atoms with van der Waals surface area (Å²) in [5.74, 6) is 0.0295. The van der Waals surface area contributed by atoms with E-state index in [9.17, 15) is 9.59 Å². The van der Waals surface area contributed by atoms with E-state index in [0.717, 1.165) is 0 Å². The van der Waals surface area contributed by atoms with Crippen molar-refractivity contribution in [1.29, 1.82) is 0 Å². The summed E-state index contributed by atoms with van der Waals surface area (Å²) >= 11 is 0. The Kier molecular flexibility index (Phi) is 4.54. The second-order valence-corrected chi connectivity index (χ2v) is 6.59. The molecule has 124 valence electrons. The quantitative estimate of drug-likeness (QED) is 0.782. The lowest BCUT2D eigenvalue weighted by atomic mass is 9.98. The zero-order valence-corrected chi connectivity index (χ0v) is 13.3. The molecule has 3 aliphatic rings. The first kappa shape index (κ1) is 15.6. The summed E-state index contributed by atoms with van der Waals surface area (Å²) in [6.07, 6.45) is 0.519. The van der Waals surface area contributed by atoms with Crippen molar-refractivity contribution in [3.05, 3.63) is 0 Å². The molecule has 7 nitrogen and oxygen atoms in total. The van der Waals surface area contributed by atoms with E-state index < -0.39 is 0 Å². The van der Waals surface area contributed by atoms with Gasteiger partial charge in [-0.3, -0.25) is 4.79 Å². The van der Waals surface area contributed by atoms with Crippen molar-refractivity contribution < 1.29 is 19.1 Å². The van der Waals surface area contributed by atoms with Gasteiger partial charge in [-0.25, -0.2) is 4.79 Å². The van der Waals surface area contributed by atoms with Crippen LogP contribution >= 0.6 is 0 Å². The molecule has 0 aliphatic carbocycles. The summed E-state index contributed by atoms with van der Waals surface area (Å²) in [5.41, 5.74) is 0. The number of urea groups is 1. The Hall–Kier alpha value is -1.34. The van der Waals surface area contributed by atoms with Gasteiger partial charge in [0.25, 0.3) is 0 Å². The molecule has 3 rings (SSSR count). The first-order valence-corrected chi connectivity index (χ1v) is 8.12. The molecule has 0 radical (unpaired) electrons. The third-order valence-corrected chi connectivity index (χ3v) is 4.50. The van der Waals surface area contributed by atoms with E-state index in [1.165, 1.54) is 0 Å². The molecule has 22 heavy (non-hydrogen) atoms. The van der Waals surface area contributed by atoms with Gasteiger partial charge >= 0.3 is 6.03 Å². The highest BCUT2D eigenvalue weighted by atomic mass is 16.5. The van der Waals surface area contributed by atoms with Crippen LogP contribution in [0.25, 0.3) is 0 Å². The molecule has 3 amide bonds. The number of nitrogens with zero attached hydrogens (tertiary/aromatic N) is 2. The van der Waals surface area contributed by atoms with E-state index in [0.29, 0.717) is 45.8 Å². The van der Waals surface area contributed by atoms with E-state index in [1.807, 2.05) is 18.7 Å². The molecule has 7 heteroatoms. The normalized spacial score (nSPS) is 31.5. The van der Waals surface area contributed by atoms with Gasteiger partial charge in [0.15, 0.2) is 0 Å². The standard InChI is InChI=1S/C15H25N3O4/c1-10(2)16-15(20)18-8-11-7-12(13(9-18)22-11)14(19)17-3-5-21-6-4-17/h10-13H,3-9H2,1-2H3,(H,16,20)/t11-,12-,13-/m1/s1. The Labute approximate surface area is 130 Å². The van der Waals surface area contributed by atoms with E-state index >= 15 is 0 Å². The summed E-state index contributed by atoms with van der Waals surface area (Å²) < 4.78 is 11.2. The number of carbonyl (C=O) groups is 2. The number of fused-ring (bicyclic) bond motifs is 2. The van der Waals surface area contributed by atoms with Crippen LogP contribution < -0.4 is 5.32 Å². The number of amides is 3. The minimum absolute atomic E-state index is 0.0216. The number of hydrogen-bond donors (Lipinski definition) is 1. The van der Waals surface area contributed by atoms with E-state index in [2.05, 4.69) is 5.32 Å². The maximum absolute atomic E-state index is 12.7. The first-order chi connectivity index (χ1) is 10.5. The van der Waals surface area contributed by atoms with Gasteiger partial charge in [-0.2, -0.15) is 0 Å². The lowest BCUT2D eigenvalue weighted by Gasteiger charge is -2.34. The monoisotopic (exact) mass is 311 g/mol. The van der Waals surface area contributed by atoms with Crippen molar-refractivity contribution in [3.8, 4) is 0 Å². The van der Waals surface area contributed by atoms with Crippen LogP contribution in [0.1, 0.15) is 20.3 Å². The maximum Gasteiger partial charge on any atom is 0.317 e. The van der Waals surface area contributed by atoms with Gasteiger partial charge < -0.3 is 24.6 Å². The number of hydrogen-bond acceptors (Lipinski definition) is 4. The fourth-order valence-corrected chi connectivity index (χ4v) is 3.44. The molecule has 3 fully saturated rings. The topological polar surface area (TPSA) is 71.1 Å². The number of likely N-dealkylation sites (tertiary alicyclic amines) is 1. The van der Waals surface area contributed by atoms with Gasteiger partial charge in [-0.05, 0) is 20.3 Å². The van der Waals surface area contributed by atoms with Crippen LogP contribution in [0, 0.1) is 5.92 Å². The van der Waals surface area contributed by atoms with Crippen LogP contribution in [0.3, 0.4) is 0 Å². The molecule has 0 unspecified atom stereocenters. The maximum atomic E-state index is 12.7. The van der Waals surface area contributed by atoms with Gasteiger partial charge in [0, 0.05) is 32.2 Å². The highest BCUT2D eigenvalue weighted by molar-refractivity contribution is 5.80. The molecule has 3 atom stereocenters. The van der Waals surface area contributed by atoms with E-state index in [4.69, 9.17) is 9.47 Å². The van der Waals surface area contributed by atoms with Crippen LogP contribution in [0.2, 0.25) is 0 Å². The summed E-state index contributed by atoms with van der Waals surface area (Å²) in [5, 5.41) is 2.91. The predicted molar refractivity (Wildman–Crippen MR) is 79.4 cm³/mol. The molecular formula is C15H25N3O4. The third-order valence-electron chi connectivity index (χ3n) is 4.50. The largest absolute Gasteiger partial charge is 0.378 e. The molecule has 0 aromatic carbocycles. The highest BCUT2D eigenvalue weighted by Crippen LogP contribution is 2.33. The summed E-state index contributed by atoms with van der Waals surface area (Å²) in [7, 11) is 0. The number of carbonyl (C=O) groups excluding carboxylic acids is 2. The zero-order chi connectivity index (χ0) is 15.7. The molecule has 0 saturated carbocycles. The molecule has 0 aromatic rings. The molecule has 2 bridgehead atoms. The molecule has 1 N–H and O–H groups in total. The number of morpholine rings is 2. The lowest BCUT2D eigenvalue weighted by Crippen LogP contribution is -2.52. The second-order valence-electron chi connectivity index (χ2n) is 6.59. The Morgan fingerprint density at radius 3 is 2.55 bits per heavy atom. The molecule has 3 heterocycles. The van der Waals surface area contributed by atoms with Crippen LogP contribution in [0.5, 0.6) is 0 Å². The average molecular weight is 311 g/mol. The van der Waals surface area contributed by atoms with Crippen molar-refractivity contribution in [1.82, 2.24) is 15.1 Å². The van der Waals surface area contributed by atoms with Gasteiger partial charge in [0.2, 0.25) is 5.91 Å². The van der Waals surface area contributed by atoms with Gasteiger partial charge in [0.1, 0.15) is 0 Å². The Morgan fingerprint density at radius 2 is 1.86 bits per heavy atom. The number of nitrogens with one attached hydrogen (secondary N) is 1. The van der Waals surface area contributed by atoms with Gasteiger partial charge in [-0.15, -0.1) is 0 Å². The number of ether oxygens (including phenoxy) is 2. The van der Waals surface area contributed by atoms with Crippen LogP contribution in [-0.4, -0.2) is 79.4 Å². The Bertz CT molecular complexity index is 437. The third kappa shape index (κ3) is 3.20. The SMILES string of the molecule is CC(C)NC(=O)N1C[C@H]2C[C@@H](C(=O)N3CCOCC3)[C@@H](C1)O2. The first-order valence-electron chi connectivity index (χ1n) is 8.12. The zero-order valence-electron chi connectivity index (χ0n) is 13.3. The van der Waals surface area contributed by atoms with E-state index in [-0.39, 0.29) is 36.1 Å². The summed E-state index contributed by atoms with van der Waals surface area (Å²) in [4.78, 5) is 28.5. The fourth-order valence-electron chi connectivity index (χ4n) is 3.44. The van der Waals surface area contributed by atoms with Gasteiger partial charge in [-0.1, -0.05) is 0 Å². The van der Waals surface area contributed by atoms with Crippen molar-refractivity contribution in [2.75, 3.05) is 39.4 Å². The average Bonchev–Trinajstić information content (AvgIpc) is 2.81. The summed E-state index contributed by atoms with van der Waals surface area (Å²) in [6.45, 7) is 7.48. The van der Waals surface area contributed by atoms with Crippen molar-refractivity contribution in [2.24, 2.45) is 5.92 Å². The van der Waals surface area contributed by atoms with E-state index in [1.54, 1.807) is 4.90 Å². The molecular weight excluding hydrogens is 286 g/mol. The minimum Gasteiger partial charge on any atom is -0.378 e. The molecule has 3 saturated heterocycles. The fraction of sp³-hybridized carbons (Fsp3) is 0.867. The minimum atomic E-state index is -0.174. The number of rotatable bonds is 2. The highest BCUT2D eigenvalue weighted by Gasteiger charge is 2.47. The Morgan fingerprint density at radius 1 is 1.14 bits per heavy atom. The molecule has 0 aromatic heterocycles. The predicted octanol–water partition coefficient (Wildman–Crippen LogP) is 0.0525. The van der Waals surface area contributed by atoms with Crippen LogP contribution in [-0.2, 0) is 14.3 Å². The van der Waals surface area contributed by atoms with Crippen molar-refractivity contribution in [2.45, 2.75) is 38.5 Å².